The summed E-state index contributed by atoms with van der Waals surface area (Å²) < 4.78 is 26.4. The summed E-state index contributed by atoms with van der Waals surface area (Å²) in [5.41, 5.74) is 7.68. The Balaban J connectivity index is 0.00000156. The van der Waals surface area contributed by atoms with E-state index < -0.39 is 5.82 Å². The predicted molar refractivity (Wildman–Crippen MR) is 145 cm³/mol. The van der Waals surface area contributed by atoms with E-state index in [1.54, 1.807) is 18.2 Å². The Hall–Kier alpha value is -2.98. The second-order valence-electron chi connectivity index (χ2n) is 8.64. The molecule has 196 valence electrons. The van der Waals surface area contributed by atoms with E-state index in [1.165, 1.54) is 24.7 Å². The van der Waals surface area contributed by atoms with E-state index >= 15 is 0 Å². The second kappa shape index (κ2) is 11.6. The van der Waals surface area contributed by atoms with Crippen LogP contribution in [-0.4, -0.2) is 54.1 Å². The highest BCUT2D eigenvalue weighted by atomic mass is 35.5. The topological polar surface area (TPSA) is 109 Å². The number of benzene rings is 1. The summed E-state index contributed by atoms with van der Waals surface area (Å²) >= 11 is 12.3. The van der Waals surface area contributed by atoms with Crippen LogP contribution in [0.1, 0.15) is 30.5 Å². The SMILES string of the molecule is CC.N=C(c1cnc(N2CC3(COCCN3)C2)c(F)c1)c1cc(OCc2c(Cl)cncc2Cl)ccc1N. The van der Waals surface area contributed by atoms with Crippen LogP contribution in [0.5, 0.6) is 5.75 Å². The molecule has 2 aliphatic rings. The van der Waals surface area contributed by atoms with Crippen LogP contribution in [-0.2, 0) is 11.3 Å². The third kappa shape index (κ3) is 5.80. The third-order valence-corrected chi connectivity index (χ3v) is 6.80. The summed E-state index contributed by atoms with van der Waals surface area (Å²) in [6, 6.07) is 6.25. The molecule has 1 spiro atoms. The average molecular weight is 547 g/mol. The number of morpholine rings is 1. The van der Waals surface area contributed by atoms with Gasteiger partial charge in [0.2, 0.25) is 0 Å². The van der Waals surface area contributed by atoms with Gasteiger partial charge >= 0.3 is 0 Å². The number of nitrogens with one attached hydrogen (secondary N) is 2. The molecule has 37 heavy (non-hydrogen) atoms. The Labute approximate surface area is 225 Å². The minimum atomic E-state index is -0.494. The fourth-order valence-corrected chi connectivity index (χ4v) is 4.75. The van der Waals surface area contributed by atoms with Gasteiger partial charge in [-0.1, -0.05) is 37.0 Å². The first-order chi connectivity index (χ1) is 17.8. The third-order valence-electron chi connectivity index (χ3n) is 6.15. The summed E-state index contributed by atoms with van der Waals surface area (Å²) in [5, 5.41) is 12.9. The molecule has 4 heterocycles. The lowest BCUT2D eigenvalue weighted by molar-refractivity contribution is 0.0133. The Bertz CT molecular complexity index is 1260. The highest BCUT2D eigenvalue weighted by molar-refractivity contribution is 6.35. The zero-order valence-corrected chi connectivity index (χ0v) is 22.2. The minimum Gasteiger partial charge on any atom is -0.489 e. The van der Waals surface area contributed by atoms with E-state index in [0.29, 0.717) is 64.5 Å². The van der Waals surface area contributed by atoms with Gasteiger partial charge in [0.05, 0.1) is 34.5 Å². The van der Waals surface area contributed by atoms with Crippen molar-refractivity contribution in [3.8, 4) is 5.75 Å². The van der Waals surface area contributed by atoms with E-state index in [9.17, 15) is 4.39 Å². The van der Waals surface area contributed by atoms with Crippen molar-refractivity contribution < 1.29 is 13.9 Å². The first-order valence-electron chi connectivity index (χ1n) is 12.0. The van der Waals surface area contributed by atoms with Gasteiger partial charge in [0, 0.05) is 60.6 Å². The minimum absolute atomic E-state index is 0.0355. The second-order valence-corrected chi connectivity index (χ2v) is 9.45. The zero-order chi connectivity index (χ0) is 26.6. The number of halogens is 3. The van der Waals surface area contributed by atoms with Crippen molar-refractivity contribution in [1.82, 2.24) is 15.3 Å². The molecule has 1 aromatic carbocycles. The molecule has 0 unspecified atom stereocenters. The zero-order valence-electron chi connectivity index (χ0n) is 20.7. The maximum Gasteiger partial charge on any atom is 0.166 e. The summed E-state index contributed by atoms with van der Waals surface area (Å²) in [5.74, 6) is 0.225. The van der Waals surface area contributed by atoms with Crippen LogP contribution in [0.15, 0.2) is 42.9 Å². The monoisotopic (exact) mass is 546 g/mol. The van der Waals surface area contributed by atoms with Gasteiger partial charge in [-0.05, 0) is 24.3 Å². The number of hydrogen-bond donors (Lipinski definition) is 3. The van der Waals surface area contributed by atoms with Gasteiger partial charge in [-0.25, -0.2) is 9.37 Å². The molecule has 0 saturated carbocycles. The smallest absolute Gasteiger partial charge is 0.166 e. The fraction of sp³-hybridized carbons (Fsp3) is 0.346. The molecule has 5 rings (SSSR count). The standard InChI is InChI=1S/C24H23Cl2FN6O2.C2H6/c25-18-8-30-9-19(26)17(18)10-35-15-1-2-21(28)16(6-15)22(29)14-5-20(27)23(31-7-14)33-11-24(12-33)13-34-4-3-32-24;1-2/h1-2,5-9,29,32H,3-4,10-13,28H2;1-2H3. The molecule has 0 bridgehead atoms. The molecule has 0 aliphatic carbocycles. The summed E-state index contributed by atoms with van der Waals surface area (Å²) in [4.78, 5) is 10.1. The number of aromatic nitrogens is 2. The Morgan fingerprint density at radius 1 is 1.22 bits per heavy atom. The van der Waals surface area contributed by atoms with Crippen LogP contribution in [0.2, 0.25) is 10.0 Å². The molecule has 11 heteroatoms. The van der Waals surface area contributed by atoms with E-state index in [0.717, 1.165) is 6.54 Å². The average Bonchev–Trinajstić information content (AvgIpc) is 2.89. The molecule has 8 nitrogen and oxygen atoms in total. The van der Waals surface area contributed by atoms with Crippen molar-refractivity contribution in [2.75, 3.05) is 43.5 Å². The van der Waals surface area contributed by atoms with Crippen LogP contribution < -0.4 is 20.7 Å². The Kier molecular flexibility index (Phi) is 8.49. The predicted octanol–water partition coefficient (Wildman–Crippen LogP) is 4.70. The first kappa shape index (κ1) is 27.1. The summed E-state index contributed by atoms with van der Waals surface area (Å²) in [7, 11) is 0. The van der Waals surface area contributed by atoms with Crippen LogP contribution in [0.25, 0.3) is 0 Å². The van der Waals surface area contributed by atoms with Crippen LogP contribution in [0.3, 0.4) is 0 Å². The number of anilines is 2. The molecular weight excluding hydrogens is 518 g/mol. The maximum atomic E-state index is 15.0. The molecule has 2 saturated heterocycles. The number of ether oxygens (including phenoxy) is 2. The van der Waals surface area contributed by atoms with Crippen molar-refractivity contribution in [2.45, 2.75) is 26.0 Å². The van der Waals surface area contributed by atoms with Gasteiger partial charge in [0.25, 0.3) is 0 Å². The highest BCUT2D eigenvalue weighted by Gasteiger charge is 2.45. The Morgan fingerprint density at radius 3 is 2.59 bits per heavy atom. The van der Waals surface area contributed by atoms with E-state index in [2.05, 4.69) is 15.3 Å². The number of nitrogens with zero attached hydrogens (tertiary/aromatic N) is 3. The largest absolute Gasteiger partial charge is 0.489 e. The lowest BCUT2D eigenvalue weighted by Crippen LogP contribution is -2.74. The van der Waals surface area contributed by atoms with E-state index in [1.807, 2.05) is 18.7 Å². The van der Waals surface area contributed by atoms with Crippen molar-refractivity contribution in [3.63, 3.8) is 0 Å². The number of rotatable bonds is 6. The van der Waals surface area contributed by atoms with Crippen molar-refractivity contribution in [2.24, 2.45) is 0 Å². The normalized spacial score (nSPS) is 16.0. The molecular formula is C26H29Cl2FN6O2. The van der Waals surface area contributed by atoms with Crippen molar-refractivity contribution >= 4 is 40.4 Å². The van der Waals surface area contributed by atoms with E-state index in [-0.39, 0.29) is 23.7 Å². The highest BCUT2D eigenvalue weighted by Crippen LogP contribution is 2.31. The summed E-state index contributed by atoms with van der Waals surface area (Å²) in [6.45, 7) is 7.42. The van der Waals surface area contributed by atoms with Crippen molar-refractivity contribution in [3.05, 3.63) is 75.4 Å². The fourth-order valence-electron chi connectivity index (χ4n) is 4.27. The van der Waals surface area contributed by atoms with Gasteiger partial charge in [-0.3, -0.25) is 10.4 Å². The molecule has 0 amide bonds. The molecule has 3 aromatic rings. The van der Waals surface area contributed by atoms with Gasteiger partial charge in [0.1, 0.15) is 12.4 Å². The Morgan fingerprint density at radius 2 is 1.95 bits per heavy atom. The number of nitrogens with two attached hydrogens (primary N) is 1. The number of hydrogen-bond acceptors (Lipinski definition) is 8. The molecule has 2 aliphatic heterocycles. The summed E-state index contributed by atoms with van der Waals surface area (Å²) in [6.07, 6.45) is 4.46. The van der Waals surface area contributed by atoms with Gasteiger partial charge in [0.15, 0.2) is 11.6 Å². The maximum absolute atomic E-state index is 15.0. The lowest BCUT2D eigenvalue weighted by Gasteiger charge is -2.52. The quantitative estimate of drug-likeness (QED) is 0.303. The number of nitrogen functional groups attached to an aromatic ring is 1. The van der Waals surface area contributed by atoms with Gasteiger partial charge in [-0.15, -0.1) is 0 Å². The van der Waals surface area contributed by atoms with Crippen LogP contribution in [0.4, 0.5) is 15.9 Å². The van der Waals surface area contributed by atoms with Gasteiger partial charge in [-0.2, -0.15) is 0 Å². The molecule has 0 radical (unpaired) electrons. The number of pyridine rings is 2. The van der Waals surface area contributed by atoms with Crippen LogP contribution in [0, 0.1) is 11.2 Å². The molecule has 2 fully saturated rings. The first-order valence-corrected chi connectivity index (χ1v) is 12.7. The molecule has 4 N–H and O–H groups in total. The van der Waals surface area contributed by atoms with E-state index in [4.69, 9.17) is 43.8 Å². The van der Waals surface area contributed by atoms with Crippen LogP contribution >= 0.6 is 23.2 Å². The lowest BCUT2D eigenvalue weighted by atomic mass is 9.89. The molecule has 0 atom stereocenters. The van der Waals surface area contributed by atoms with Gasteiger partial charge < -0.3 is 25.4 Å². The van der Waals surface area contributed by atoms with Crippen molar-refractivity contribution in [1.29, 1.82) is 5.41 Å². The molecule has 2 aromatic heterocycles.